The van der Waals surface area contributed by atoms with Crippen molar-refractivity contribution in [2.45, 2.75) is 44.4 Å². The second kappa shape index (κ2) is 7.96. The van der Waals surface area contributed by atoms with Crippen LogP contribution in [0.15, 0.2) is 48.5 Å². The highest BCUT2D eigenvalue weighted by molar-refractivity contribution is 5.68. The van der Waals surface area contributed by atoms with Crippen molar-refractivity contribution in [3.8, 4) is 0 Å². The van der Waals surface area contributed by atoms with Gasteiger partial charge in [0.25, 0.3) is 0 Å². The average molecular weight is 417 g/mol. The summed E-state index contributed by atoms with van der Waals surface area (Å²) in [6.45, 7) is -0.700. The fourth-order valence-corrected chi connectivity index (χ4v) is 2.89. The first-order valence-corrected chi connectivity index (χ1v) is 8.80. The number of hydrogen-bond acceptors (Lipinski definition) is 2. The second-order valence-electron chi connectivity index (χ2n) is 6.77. The topological polar surface area (TPSA) is 29.5 Å². The predicted molar refractivity (Wildman–Crippen MR) is 91.6 cm³/mol. The zero-order chi connectivity index (χ0) is 21.2. The Kier molecular flexibility index (Phi) is 5.77. The van der Waals surface area contributed by atoms with Crippen LogP contribution in [0.2, 0.25) is 0 Å². The van der Waals surface area contributed by atoms with Crippen molar-refractivity contribution in [1.82, 2.24) is 4.90 Å². The molecule has 3 rings (SSSR count). The third-order valence-electron chi connectivity index (χ3n) is 4.51. The van der Waals surface area contributed by atoms with E-state index >= 15 is 0 Å². The molecule has 0 bridgehead atoms. The van der Waals surface area contributed by atoms with Gasteiger partial charge < -0.3 is 9.64 Å². The van der Waals surface area contributed by atoms with Crippen LogP contribution in [0.1, 0.15) is 35.1 Å². The number of carbonyl (C=O) groups excluding carboxylic acids is 1. The molecule has 0 aliphatic heterocycles. The SMILES string of the molecule is O=C(OCc1ccccc1)N(Cc1cc(C(F)(F)F)ccc1C(F)(F)F)C1CC1. The molecule has 156 valence electrons. The number of halogens is 6. The van der Waals surface area contributed by atoms with Gasteiger partial charge in [-0.15, -0.1) is 0 Å². The zero-order valence-electron chi connectivity index (χ0n) is 15.1. The second-order valence-corrected chi connectivity index (χ2v) is 6.77. The van der Waals surface area contributed by atoms with Gasteiger partial charge in [0, 0.05) is 12.6 Å². The number of nitrogens with zero attached hydrogens (tertiary/aromatic N) is 1. The maximum Gasteiger partial charge on any atom is 0.416 e. The summed E-state index contributed by atoms with van der Waals surface area (Å²) in [5.41, 5.74) is -2.33. The summed E-state index contributed by atoms with van der Waals surface area (Å²) in [6, 6.07) is 9.55. The maximum atomic E-state index is 13.3. The molecule has 1 amide bonds. The Morgan fingerprint density at radius 2 is 1.62 bits per heavy atom. The zero-order valence-corrected chi connectivity index (χ0v) is 15.1. The lowest BCUT2D eigenvalue weighted by atomic mass is 10.0. The molecule has 1 fully saturated rings. The van der Waals surface area contributed by atoms with Crippen LogP contribution in [0, 0.1) is 0 Å². The van der Waals surface area contributed by atoms with Crippen molar-refractivity contribution in [2.75, 3.05) is 0 Å². The van der Waals surface area contributed by atoms with Gasteiger partial charge in [0.05, 0.1) is 11.1 Å². The van der Waals surface area contributed by atoms with Crippen LogP contribution in [-0.2, 0) is 30.2 Å². The highest BCUT2D eigenvalue weighted by atomic mass is 19.4. The van der Waals surface area contributed by atoms with Gasteiger partial charge in [-0.3, -0.25) is 0 Å². The molecule has 0 heterocycles. The van der Waals surface area contributed by atoms with Gasteiger partial charge in [0.2, 0.25) is 0 Å². The lowest BCUT2D eigenvalue weighted by Gasteiger charge is -2.24. The largest absolute Gasteiger partial charge is 0.445 e. The number of rotatable bonds is 5. The number of hydrogen-bond donors (Lipinski definition) is 0. The molecule has 0 saturated heterocycles. The summed E-state index contributed by atoms with van der Waals surface area (Å²) in [4.78, 5) is 13.5. The van der Waals surface area contributed by atoms with Crippen molar-refractivity contribution in [3.05, 3.63) is 70.8 Å². The first-order valence-electron chi connectivity index (χ1n) is 8.80. The Balaban J connectivity index is 1.83. The van der Waals surface area contributed by atoms with Crippen molar-refractivity contribution < 1.29 is 35.9 Å². The van der Waals surface area contributed by atoms with E-state index in [0.717, 1.165) is 4.90 Å². The first kappa shape index (κ1) is 21.0. The van der Waals surface area contributed by atoms with E-state index in [2.05, 4.69) is 0 Å². The van der Waals surface area contributed by atoms with Crippen LogP contribution >= 0.6 is 0 Å². The monoisotopic (exact) mass is 417 g/mol. The molecule has 1 aliphatic carbocycles. The smallest absolute Gasteiger partial charge is 0.416 e. The summed E-state index contributed by atoms with van der Waals surface area (Å²) >= 11 is 0. The van der Waals surface area contributed by atoms with Gasteiger partial charge in [0.15, 0.2) is 0 Å². The van der Waals surface area contributed by atoms with E-state index in [0.29, 0.717) is 36.6 Å². The van der Waals surface area contributed by atoms with E-state index in [1.54, 1.807) is 30.3 Å². The van der Waals surface area contributed by atoms with Crippen LogP contribution < -0.4 is 0 Å². The quantitative estimate of drug-likeness (QED) is 0.557. The Morgan fingerprint density at radius 3 is 2.17 bits per heavy atom. The van der Waals surface area contributed by atoms with Gasteiger partial charge in [0.1, 0.15) is 6.61 Å². The van der Waals surface area contributed by atoms with Crippen LogP contribution in [0.5, 0.6) is 0 Å². The number of ether oxygens (including phenoxy) is 1. The third-order valence-corrected chi connectivity index (χ3v) is 4.51. The Morgan fingerprint density at radius 1 is 0.966 bits per heavy atom. The van der Waals surface area contributed by atoms with Gasteiger partial charge in [-0.1, -0.05) is 30.3 Å². The van der Waals surface area contributed by atoms with E-state index in [1.807, 2.05) is 0 Å². The molecule has 0 spiro atoms. The summed E-state index contributed by atoms with van der Waals surface area (Å²) in [7, 11) is 0. The molecule has 2 aromatic rings. The number of amides is 1. The Labute approximate surface area is 162 Å². The highest BCUT2D eigenvalue weighted by Gasteiger charge is 2.40. The molecule has 1 aliphatic rings. The highest BCUT2D eigenvalue weighted by Crippen LogP contribution is 2.38. The van der Waals surface area contributed by atoms with E-state index in [4.69, 9.17) is 4.74 Å². The minimum absolute atomic E-state index is 0.0857. The number of carbonyl (C=O) groups is 1. The molecule has 0 atom stereocenters. The van der Waals surface area contributed by atoms with Crippen LogP contribution in [0.3, 0.4) is 0 Å². The minimum Gasteiger partial charge on any atom is -0.445 e. The molecule has 0 N–H and O–H groups in total. The summed E-state index contributed by atoms with van der Waals surface area (Å²) in [5.74, 6) is 0. The minimum atomic E-state index is -4.84. The van der Waals surface area contributed by atoms with Crippen LogP contribution in [0.4, 0.5) is 31.1 Å². The normalized spacial score (nSPS) is 14.6. The Bertz CT molecular complexity index is 860. The molecular formula is C20H17F6NO2. The molecule has 29 heavy (non-hydrogen) atoms. The summed E-state index contributed by atoms with van der Waals surface area (Å²) < 4.78 is 84.0. The van der Waals surface area contributed by atoms with Gasteiger partial charge >= 0.3 is 18.4 Å². The van der Waals surface area contributed by atoms with E-state index in [9.17, 15) is 31.1 Å². The van der Waals surface area contributed by atoms with Crippen molar-refractivity contribution >= 4 is 6.09 Å². The first-order chi connectivity index (χ1) is 13.6. The molecule has 3 nitrogen and oxygen atoms in total. The molecule has 2 aromatic carbocycles. The van der Waals surface area contributed by atoms with E-state index in [-0.39, 0.29) is 12.6 Å². The number of benzene rings is 2. The van der Waals surface area contributed by atoms with Gasteiger partial charge in [-0.05, 0) is 42.2 Å². The molecular weight excluding hydrogens is 400 g/mol. The molecule has 0 radical (unpaired) electrons. The fraction of sp³-hybridized carbons (Fsp3) is 0.350. The Hall–Kier alpha value is -2.71. The summed E-state index contributed by atoms with van der Waals surface area (Å²) in [6.07, 6.45) is -9.39. The summed E-state index contributed by atoms with van der Waals surface area (Å²) in [5, 5.41) is 0. The molecule has 1 saturated carbocycles. The lowest BCUT2D eigenvalue weighted by molar-refractivity contribution is -0.142. The van der Waals surface area contributed by atoms with Crippen LogP contribution in [0.25, 0.3) is 0 Å². The van der Waals surface area contributed by atoms with Crippen molar-refractivity contribution in [3.63, 3.8) is 0 Å². The standard InChI is InChI=1S/C20H17F6NO2/c21-19(22,23)15-6-9-17(20(24,25)26)14(10-15)11-27(16-7-8-16)18(28)29-12-13-4-2-1-3-5-13/h1-6,9-10,16H,7-8,11-12H2. The van der Waals surface area contributed by atoms with Crippen molar-refractivity contribution in [2.24, 2.45) is 0 Å². The predicted octanol–water partition coefficient (Wildman–Crippen LogP) is 6.03. The third kappa shape index (κ3) is 5.42. The number of alkyl halides is 6. The lowest BCUT2D eigenvalue weighted by Crippen LogP contribution is -2.34. The fourth-order valence-electron chi connectivity index (χ4n) is 2.89. The molecule has 0 aromatic heterocycles. The average Bonchev–Trinajstić information content (AvgIpc) is 3.48. The maximum absolute atomic E-state index is 13.3. The van der Waals surface area contributed by atoms with E-state index < -0.39 is 41.7 Å². The van der Waals surface area contributed by atoms with Crippen LogP contribution in [-0.4, -0.2) is 17.0 Å². The van der Waals surface area contributed by atoms with Gasteiger partial charge in [-0.2, -0.15) is 26.3 Å². The molecule has 9 heteroatoms. The van der Waals surface area contributed by atoms with E-state index in [1.165, 1.54) is 0 Å². The van der Waals surface area contributed by atoms with Crippen molar-refractivity contribution in [1.29, 1.82) is 0 Å². The molecule has 0 unspecified atom stereocenters. The van der Waals surface area contributed by atoms with Gasteiger partial charge in [-0.25, -0.2) is 4.79 Å².